The number of benzene rings is 1. The van der Waals surface area contributed by atoms with E-state index in [0.29, 0.717) is 12.2 Å². The smallest absolute Gasteiger partial charge is 0.246 e. The Morgan fingerprint density at radius 3 is 2.38 bits per heavy atom. The summed E-state index contributed by atoms with van der Waals surface area (Å²) in [6, 6.07) is 14.7. The summed E-state index contributed by atoms with van der Waals surface area (Å²) < 4.78 is 24.6. The molecule has 0 bridgehead atoms. The van der Waals surface area contributed by atoms with Crippen LogP contribution in [0.2, 0.25) is 0 Å². The van der Waals surface area contributed by atoms with Gasteiger partial charge in [-0.2, -0.15) is 0 Å². The van der Waals surface area contributed by atoms with Crippen molar-refractivity contribution in [3.63, 3.8) is 0 Å². The maximum absolute atomic E-state index is 12.9. The number of aromatic nitrogens is 1. The minimum atomic E-state index is -3.47. The minimum Gasteiger partial charge on any atom is -0.291 e. The zero-order chi connectivity index (χ0) is 17.6. The lowest BCUT2D eigenvalue weighted by molar-refractivity contribution is -0.118. The summed E-state index contributed by atoms with van der Waals surface area (Å²) in [4.78, 5) is 18.5. The van der Waals surface area contributed by atoms with Gasteiger partial charge in [0.25, 0.3) is 0 Å². The van der Waals surface area contributed by atoms with Gasteiger partial charge in [0.15, 0.2) is 9.84 Å². The lowest BCUT2D eigenvalue weighted by atomic mass is 10.2. The quantitative estimate of drug-likeness (QED) is 0.773. The number of amides is 1. The third-order valence-electron chi connectivity index (χ3n) is 3.75. The Kier molecular flexibility index (Phi) is 6.09. The number of carbonyl (C=O) groups excluding carboxylic acids is 1. The monoisotopic (exact) mass is 346 g/mol. The van der Waals surface area contributed by atoms with E-state index in [1.165, 1.54) is 11.8 Å². The topological polar surface area (TPSA) is 67.3 Å². The highest BCUT2D eigenvalue weighted by Crippen LogP contribution is 2.18. The molecule has 0 N–H and O–H groups in total. The molecule has 0 aliphatic carbocycles. The van der Waals surface area contributed by atoms with E-state index >= 15 is 0 Å². The molecule has 6 heteroatoms. The highest BCUT2D eigenvalue weighted by Gasteiger charge is 2.32. The van der Waals surface area contributed by atoms with Crippen molar-refractivity contribution in [3.8, 4) is 0 Å². The average molecular weight is 346 g/mol. The first-order valence-electron chi connectivity index (χ1n) is 7.93. The van der Waals surface area contributed by atoms with Gasteiger partial charge in [0.2, 0.25) is 5.91 Å². The summed E-state index contributed by atoms with van der Waals surface area (Å²) in [6.07, 6.45) is 2.08. The number of anilines is 1. The largest absolute Gasteiger partial charge is 0.291 e. The second-order valence-electron chi connectivity index (χ2n) is 5.61. The van der Waals surface area contributed by atoms with Crippen LogP contribution >= 0.6 is 0 Å². The van der Waals surface area contributed by atoms with Crippen molar-refractivity contribution in [1.29, 1.82) is 0 Å². The lowest BCUT2D eigenvalue weighted by Crippen LogP contribution is -2.42. The van der Waals surface area contributed by atoms with Crippen LogP contribution in [0.15, 0.2) is 54.7 Å². The molecule has 1 atom stereocenters. The molecule has 0 radical (unpaired) electrons. The molecule has 24 heavy (non-hydrogen) atoms. The van der Waals surface area contributed by atoms with Gasteiger partial charge < -0.3 is 0 Å². The maximum atomic E-state index is 12.9. The predicted octanol–water partition coefficient (Wildman–Crippen LogP) is 2.83. The molecule has 2 aromatic rings. The zero-order valence-corrected chi connectivity index (χ0v) is 14.7. The van der Waals surface area contributed by atoms with Crippen LogP contribution in [0.5, 0.6) is 0 Å². The Labute approximate surface area is 143 Å². The van der Waals surface area contributed by atoms with Crippen molar-refractivity contribution in [2.24, 2.45) is 0 Å². The van der Waals surface area contributed by atoms with Crippen molar-refractivity contribution >= 4 is 21.6 Å². The molecular weight excluding hydrogens is 324 g/mol. The molecule has 0 aliphatic heterocycles. The summed E-state index contributed by atoms with van der Waals surface area (Å²) in [5, 5.41) is -1.09. The first kappa shape index (κ1) is 18.1. The SMILES string of the molecule is CCCS(=O)(=O)C(C)C(=O)N(Cc1ccccc1)c1ccccn1. The van der Waals surface area contributed by atoms with Gasteiger partial charge in [0.1, 0.15) is 11.1 Å². The number of hydrogen-bond donors (Lipinski definition) is 0. The van der Waals surface area contributed by atoms with Crippen LogP contribution < -0.4 is 4.90 Å². The van der Waals surface area contributed by atoms with Crippen LogP contribution in [0.25, 0.3) is 0 Å². The van der Waals surface area contributed by atoms with Crippen molar-refractivity contribution in [2.45, 2.75) is 32.1 Å². The molecule has 0 fully saturated rings. The van der Waals surface area contributed by atoms with Gasteiger partial charge in [-0.15, -0.1) is 0 Å². The van der Waals surface area contributed by atoms with E-state index < -0.39 is 21.0 Å². The van der Waals surface area contributed by atoms with Crippen molar-refractivity contribution in [2.75, 3.05) is 10.7 Å². The van der Waals surface area contributed by atoms with E-state index in [0.717, 1.165) is 5.56 Å². The number of nitrogens with zero attached hydrogens (tertiary/aromatic N) is 2. The van der Waals surface area contributed by atoms with Gasteiger partial charge >= 0.3 is 0 Å². The van der Waals surface area contributed by atoms with Crippen LogP contribution in [0.3, 0.4) is 0 Å². The molecule has 0 saturated carbocycles. The molecule has 1 aromatic heterocycles. The van der Waals surface area contributed by atoms with E-state index in [2.05, 4.69) is 4.98 Å². The van der Waals surface area contributed by atoms with Gasteiger partial charge in [0.05, 0.1) is 12.3 Å². The van der Waals surface area contributed by atoms with Gasteiger partial charge in [-0.05, 0) is 31.0 Å². The number of carbonyl (C=O) groups is 1. The molecule has 1 heterocycles. The molecule has 128 valence electrons. The van der Waals surface area contributed by atoms with E-state index in [-0.39, 0.29) is 12.3 Å². The molecule has 1 unspecified atom stereocenters. The fourth-order valence-electron chi connectivity index (χ4n) is 2.39. The lowest BCUT2D eigenvalue weighted by Gasteiger charge is -2.25. The van der Waals surface area contributed by atoms with Gasteiger partial charge in [-0.25, -0.2) is 13.4 Å². The number of pyridine rings is 1. The summed E-state index contributed by atoms with van der Waals surface area (Å²) in [5.74, 6) is -0.00250. The first-order chi connectivity index (χ1) is 11.5. The van der Waals surface area contributed by atoms with Crippen molar-refractivity contribution in [3.05, 3.63) is 60.3 Å². The van der Waals surface area contributed by atoms with E-state index in [1.807, 2.05) is 30.3 Å². The summed E-state index contributed by atoms with van der Waals surface area (Å²) in [5.41, 5.74) is 0.914. The Hall–Kier alpha value is -2.21. The normalized spacial score (nSPS) is 12.6. The molecule has 2 rings (SSSR count). The van der Waals surface area contributed by atoms with Crippen molar-refractivity contribution < 1.29 is 13.2 Å². The number of hydrogen-bond acceptors (Lipinski definition) is 4. The number of rotatable bonds is 7. The van der Waals surface area contributed by atoms with E-state index in [1.54, 1.807) is 31.3 Å². The Morgan fingerprint density at radius 2 is 1.79 bits per heavy atom. The van der Waals surface area contributed by atoms with Crippen LogP contribution in [0.1, 0.15) is 25.8 Å². The van der Waals surface area contributed by atoms with Gasteiger partial charge in [-0.1, -0.05) is 43.3 Å². The maximum Gasteiger partial charge on any atom is 0.246 e. The Balaban J connectivity index is 2.34. The van der Waals surface area contributed by atoms with E-state index in [9.17, 15) is 13.2 Å². The molecule has 0 aliphatic rings. The fraction of sp³-hybridized carbons (Fsp3) is 0.333. The molecule has 1 amide bonds. The zero-order valence-electron chi connectivity index (χ0n) is 13.9. The molecule has 0 spiro atoms. The third kappa shape index (κ3) is 4.41. The fourth-order valence-corrected chi connectivity index (χ4v) is 3.74. The second-order valence-corrected chi connectivity index (χ2v) is 8.05. The first-order valence-corrected chi connectivity index (χ1v) is 9.65. The van der Waals surface area contributed by atoms with Crippen LogP contribution in [-0.2, 0) is 21.2 Å². The average Bonchev–Trinajstić information content (AvgIpc) is 2.60. The third-order valence-corrected chi connectivity index (χ3v) is 6.01. The van der Waals surface area contributed by atoms with Crippen LogP contribution in [0, 0.1) is 0 Å². The van der Waals surface area contributed by atoms with E-state index in [4.69, 9.17) is 0 Å². The molecular formula is C18H22N2O3S. The number of sulfone groups is 1. The highest BCUT2D eigenvalue weighted by molar-refractivity contribution is 7.92. The van der Waals surface area contributed by atoms with Gasteiger partial charge in [0, 0.05) is 6.20 Å². The van der Waals surface area contributed by atoms with Gasteiger partial charge in [-0.3, -0.25) is 9.69 Å². The summed E-state index contributed by atoms with van der Waals surface area (Å²) in [6.45, 7) is 3.52. The summed E-state index contributed by atoms with van der Waals surface area (Å²) >= 11 is 0. The molecule has 0 saturated heterocycles. The standard InChI is InChI=1S/C18H22N2O3S/c1-3-13-24(22,23)15(2)18(21)20(17-11-7-8-12-19-17)14-16-9-5-4-6-10-16/h4-12,15H,3,13-14H2,1-2H3. The van der Waals surface area contributed by atoms with Crippen LogP contribution in [-0.4, -0.2) is 30.3 Å². The highest BCUT2D eigenvalue weighted by atomic mass is 32.2. The van der Waals surface area contributed by atoms with Crippen molar-refractivity contribution in [1.82, 2.24) is 4.98 Å². The molecule has 5 nitrogen and oxygen atoms in total. The minimum absolute atomic E-state index is 0.00129. The Morgan fingerprint density at radius 1 is 1.12 bits per heavy atom. The Bertz CT molecular complexity index is 761. The summed E-state index contributed by atoms with van der Waals surface area (Å²) in [7, 11) is -3.47. The second kappa shape index (κ2) is 8.06. The predicted molar refractivity (Wildman–Crippen MR) is 95.4 cm³/mol. The van der Waals surface area contributed by atoms with Crippen LogP contribution in [0.4, 0.5) is 5.82 Å². The molecule has 1 aromatic carbocycles.